The van der Waals surface area contributed by atoms with E-state index in [1.807, 2.05) is 0 Å². The maximum absolute atomic E-state index is 11.1. The number of anilines is 1. The first kappa shape index (κ1) is 7.55. The van der Waals surface area contributed by atoms with E-state index in [4.69, 9.17) is 5.21 Å². The van der Waals surface area contributed by atoms with E-state index in [0.717, 1.165) is 0 Å². The van der Waals surface area contributed by atoms with Crippen LogP contribution in [0, 0.1) is 0 Å². The van der Waals surface area contributed by atoms with Crippen LogP contribution in [0.3, 0.4) is 0 Å². The van der Waals surface area contributed by atoms with Gasteiger partial charge in [-0.05, 0) is 0 Å². The maximum Gasteiger partial charge on any atom is 0.325 e. The number of hydrogen-bond donors (Lipinski definition) is 5. The lowest BCUT2D eigenvalue weighted by atomic mass is 10.5. The number of aromatic nitrogens is 4. The zero-order valence-corrected chi connectivity index (χ0v) is 6.21. The van der Waals surface area contributed by atoms with E-state index in [2.05, 4.69) is 19.9 Å². The monoisotopic (exact) mass is 183 g/mol. The fourth-order valence-electron chi connectivity index (χ4n) is 0.985. The first-order valence-corrected chi connectivity index (χ1v) is 3.33. The Morgan fingerprint density at radius 3 is 2.69 bits per heavy atom. The first-order valence-electron chi connectivity index (χ1n) is 3.33. The van der Waals surface area contributed by atoms with Crippen LogP contribution in [-0.2, 0) is 0 Å². The van der Waals surface area contributed by atoms with Gasteiger partial charge in [0.05, 0.1) is 0 Å². The van der Waals surface area contributed by atoms with Crippen LogP contribution < -0.4 is 16.7 Å². The van der Waals surface area contributed by atoms with Crippen LogP contribution >= 0.6 is 0 Å². The van der Waals surface area contributed by atoms with E-state index in [1.165, 1.54) is 0 Å². The minimum atomic E-state index is -0.542. The van der Waals surface area contributed by atoms with Crippen LogP contribution in [0.5, 0.6) is 0 Å². The largest absolute Gasteiger partial charge is 0.325 e. The Hall–Kier alpha value is -2.09. The predicted octanol–water partition coefficient (Wildman–Crippen LogP) is -1.26. The molecular weight excluding hydrogens is 178 g/mol. The fraction of sp³-hybridized carbons (Fsp3) is 0. The first-order chi connectivity index (χ1) is 6.20. The molecule has 0 unspecified atom stereocenters. The van der Waals surface area contributed by atoms with Crippen LogP contribution in [-0.4, -0.2) is 25.1 Å². The standard InChI is InChI=1S/C5H5N5O3/c11-3-1-2(8-5(12)6-1)7-4(9-3)10-13/h13H,(H4,6,7,8,9,10,11,12). The second kappa shape index (κ2) is 2.45. The molecule has 2 heterocycles. The van der Waals surface area contributed by atoms with Crippen molar-refractivity contribution in [1.82, 2.24) is 19.9 Å². The van der Waals surface area contributed by atoms with Crippen LogP contribution in [0.1, 0.15) is 0 Å². The third kappa shape index (κ3) is 1.08. The number of imidazole rings is 1. The molecule has 0 saturated carbocycles. The number of rotatable bonds is 1. The summed E-state index contributed by atoms with van der Waals surface area (Å²) in [7, 11) is 0. The molecule has 8 heteroatoms. The molecule has 0 radical (unpaired) electrons. The SMILES string of the molecule is O=c1[nH]c2nc(NO)[nH]c(=O)c2[nH]1. The number of nitrogens with one attached hydrogen (secondary N) is 4. The van der Waals surface area contributed by atoms with Crippen LogP contribution in [0.15, 0.2) is 9.59 Å². The number of fused-ring (bicyclic) bond motifs is 1. The van der Waals surface area contributed by atoms with E-state index in [9.17, 15) is 9.59 Å². The van der Waals surface area contributed by atoms with Crippen molar-refractivity contribution in [3.63, 3.8) is 0 Å². The molecule has 0 bridgehead atoms. The molecule has 68 valence electrons. The Morgan fingerprint density at radius 1 is 1.23 bits per heavy atom. The lowest BCUT2D eigenvalue weighted by Gasteiger charge is -1.94. The van der Waals surface area contributed by atoms with Gasteiger partial charge < -0.3 is 0 Å². The van der Waals surface area contributed by atoms with E-state index < -0.39 is 11.2 Å². The summed E-state index contributed by atoms with van der Waals surface area (Å²) in [5.41, 5.74) is 0.734. The van der Waals surface area contributed by atoms with Gasteiger partial charge in [0.2, 0.25) is 5.95 Å². The highest BCUT2D eigenvalue weighted by Crippen LogP contribution is 1.98. The van der Waals surface area contributed by atoms with Crippen LogP contribution in [0.25, 0.3) is 11.2 Å². The highest BCUT2D eigenvalue weighted by atomic mass is 16.5. The molecule has 0 aliphatic heterocycles. The Balaban J connectivity index is 2.91. The second-order valence-electron chi connectivity index (χ2n) is 2.33. The average molecular weight is 183 g/mol. The topological polar surface area (TPSA) is 127 Å². The van der Waals surface area contributed by atoms with E-state index in [0.29, 0.717) is 0 Å². The molecule has 2 rings (SSSR count). The van der Waals surface area contributed by atoms with Crippen molar-refractivity contribution in [2.24, 2.45) is 0 Å². The molecule has 0 atom stereocenters. The van der Waals surface area contributed by atoms with Crippen molar-refractivity contribution in [1.29, 1.82) is 0 Å². The Kier molecular flexibility index (Phi) is 1.43. The minimum Gasteiger partial charge on any atom is -0.300 e. The zero-order valence-electron chi connectivity index (χ0n) is 6.21. The van der Waals surface area contributed by atoms with Gasteiger partial charge in [0, 0.05) is 0 Å². The number of hydrogen-bond acceptors (Lipinski definition) is 5. The molecule has 0 saturated heterocycles. The van der Waals surface area contributed by atoms with Crippen molar-refractivity contribution >= 4 is 17.1 Å². The van der Waals surface area contributed by atoms with Crippen molar-refractivity contribution in [2.45, 2.75) is 0 Å². The van der Waals surface area contributed by atoms with Crippen molar-refractivity contribution in [3.8, 4) is 0 Å². The van der Waals surface area contributed by atoms with Crippen molar-refractivity contribution in [3.05, 3.63) is 20.8 Å². The van der Waals surface area contributed by atoms with Gasteiger partial charge in [-0.2, -0.15) is 4.98 Å². The summed E-state index contributed by atoms with van der Waals surface area (Å²) in [5, 5.41) is 8.44. The van der Waals surface area contributed by atoms with E-state index >= 15 is 0 Å². The maximum atomic E-state index is 11.1. The zero-order chi connectivity index (χ0) is 9.42. The molecule has 8 nitrogen and oxygen atoms in total. The average Bonchev–Trinajstić information content (AvgIpc) is 2.46. The summed E-state index contributed by atoms with van der Waals surface area (Å²) in [6, 6.07) is 0. The predicted molar refractivity (Wildman–Crippen MR) is 42.7 cm³/mol. The van der Waals surface area contributed by atoms with Gasteiger partial charge in [-0.15, -0.1) is 0 Å². The summed E-state index contributed by atoms with van der Waals surface area (Å²) >= 11 is 0. The minimum absolute atomic E-state index is 0.0454. The molecule has 2 aromatic rings. The molecule has 0 aliphatic carbocycles. The third-order valence-corrected chi connectivity index (χ3v) is 1.50. The number of nitrogens with zero attached hydrogens (tertiary/aromatic N) is 1. The van der Waals surface area contributed by atoms with Gasteiger partial charge in [0.1, 0.15) is 0 Å². The highest BCUT2D eigenvalue weighted by Gasteiger charge is 2.05. The Labute approximate surface area is 69.6 Å². The molecule has 5 N–H and O–H groups in total. The summed E-state index contributed by atoms with van der Waals surface area (Å²) in [4.78, 5) is 32.3. The molecular formula is C5H5N5O3. The van der Waals surface area contributed by atoms with E-state index in [-0.39, 0.29) is 17.1 Å². The summed E-state index contributed by atoms with van der Waals surface area (Å²) in [6.07, 6.45) is 0. The number of aromatic amines is 3. The lowest BCUT2D eigenvalue weighted by molar-refractivity contribution is 0.382. The smallest absolute Gasteiger partial charge is 0.300 e. The fourth-order valence-corrected chi connectivity index (χ4v) is 0.985. The van der Waals surface area contributed by atoms with Crippen molar-refractivity contribution < 1.29 is 5.21 Å². The van der Waals surface area contributed by atoms with Gasteiger partial charge in [-0.1, -0.05) is 0 Å². The third-order valence-electron chi connectivity index (χ3n) is 1.50. The van der Waals surface area contributed by atoms with Gasteiger partial charge >= 0.3 is 5.69 Å². The van der Waals surface area contributed by atoms with E-state index in [1.54, 1.807) is 5.48 Å². The Bertz CT molecular complexity index is 549. The highest BCUT2D eigenvalue weighted by molar-refractivity contribution is 5.69. The number of H-pyrrole nitrogens is 3. The Morgan fingerprint density at radius 2 is 2.00 bits per heavy atom. The molecule has 2 aromatic heterocycles. The lowest BCUT2D eigenvalue weighted by Crippen LogP contribution is -2.11. The quantitative estimate of drug-likeness (QED) is 0.353. The van der Waals surface area contributed by atoms with Gasteiger partial charge in [-0.3, -0.25) is 25.0 Å². The van der Waals surface area contributed by atoms with Gasteiger partial charge in [0.25, 0.3) is 5.56 Å². The summed E-state index contributed by atoms with van der Waals surface area (Å²) < 4.78 is 0. The van der Waals surface area contributed by atoms with Crippen molar-refractivity contribution in [2.75, 3.05) is 5.48 Å². The van der Waals surface area contributed by atoms with Gasteiger partial charge in [-0.25, -0.2) is 10.3 Å². The summed E-state index contributed by atoms with van der Waals surface area (Å²) in [5.74, 6) is -0.132. The molecule has 13 heavy (non-hydrogen) atoms. The van der Waals surface area contributed by atoms with Crippen LogP contribution in [0.4, 0.5) is 5.95 Å². The molecule has 0 fully saturated rings. The van der Waals surface area contributed by atoms with Crippen LogP contribution in [0.2, 0.25) is 0 Å². The molecule has 0 spiro atoms. The molecule has 0 amide bonds. The second-order valence-corrected chi connectivity index (χ2v) is 2.33. The normalized spacial score (nSPS) is 10.5. The molecule has 0 aliphatic rings. The van der Waals surface area contributed by atoms with Gasteiger partial charge in [0.15, 0.2) is 11.2 Å². The summed E-state index contributed by atoms with van der Waals surface area (Å²) in [6.45, 7) is 0. The molecule has 0 aromatic carbocycles.